The minimum atomic E-state index is -0.514. The number of halogens is 2. The second-order valence-corrected chi connectivity index (χ2v) is 8.00. The van der Waals surface area contributed by atoms with Gasteiger partial charge in [0.1, 0.15) is 23.9 Å². The van der Waals surface area contributed by atoms with Crippen molar-refractivity contribution < 1.29 is 18.7 Å². The molecule has 0 aliphatic heterocycles. The van der Waals surface area contributed by atoms with Crippen LogP contribution in [0.5, 0.6) is 11.5 Å². The maximum Gasteiger partial charge on any atom is 0.255 e. The molecule has 3 aromatic carbocycles. The smallest absolute Gasteiger partial charge is 0.255 e. The lowest BCUT2D eigenvalue weighted by atomic mass is 10.0. The summed E-state index contributed by atoms with van der Waals surface area (Å²) in [6, 6.07) is 17.4. The van der Waals surface area contributed by atoms with Gasteiger partial charge in [0.15, 0.2) is 0 Å². The van der Waals surface area contributed by atoms with Gasteiger partial charge in [0.2, 0.25) is 0 Å². The number of para-hydroxylation sites is 1. The van der Waals surface area contributed by atoms with Crippen molar-refractivity contribution in [2.45, 2.75) is 26.4 Å². The van der Waals surface area contributed by atoms with Crippen LogP contribution < -0.4 is 14.8 Å². The molecule has 0 aliphatic carbocycles. The molecule has 3 rings (SSSR count). The summed E-state index contributed by atoms with van der Waals surface area (Å²) in [5, 5.41) is 2.60. The highest BCUT2D eigenvalue weighted by Crippen LogP contribution is 2.29. The number of nitrogens with one attached hydrogen (secondary N) is 1. The summed E-state index contributed by atoms with van der Waals surface area (Å²) in [5.41, 5.74) is 2.33. The first-order valence-corrected chi connectivity index (χ1v) is 10.3. The van der Waals surface area contributed by atoms with Crippen LogP contribution in [0.3, 0.4) is 0 Å². The Bertz CT molecular complexity index is 1050. The summed E-state index contributed by atoms with van der Waals surface area (Å²) < 4.78 is 26.1. The van der Waals surface area contributed by atoms with E-state index in [1.165, 1.54) is 12.1 Å². The molecule has 0 fully saturated rings. The Balaban J connectivity index is 1.80. The molecule has 0 radical (unpaired) electrons. The molecule has 0 atom stereocenters. The van der Waals surface area contributed by atoms with Gasteiger partial charge in [0, 0.05) is 15.6 Å². The van der Waals surface area contributed by atoms with Crippen LogP contribution in [0.25, 0.3) is 0 Å². The Labute approximate surface area is 184 Å². The third-order valence-corrected chi connectivity index (χ3v) is 5.14. The normalized spacial score (nSPS) is 10.7. The molecular weight excluding hydrogens is 449 g/mol. The van der Waals surface area contributed by atoms with E-state index in [-0.39, 0.29) is 12.3 Å². The van der Waals surface area contributed by atoms with Crippen LogP contribution in [0, 0.1) is 5.82 Å². The van der Waals surface area contributed by atoms with Gasteiger partial charge in [0.05, 0.1) is 12.8 Å². The van der Waals surface area contributed by atoms with Gasteiger partial charge in [-0.3, -0.25) is 4.79 Å². The van der Waals surface area contributed by atoms with E-state index < -0.39 is 11.7 Å². The maximum absolute atomic E-state index is 14.1. The fraction of sp³-hybridized carbons (Fsp3) is 0.208. The van der Waals surface area contributed by atoms with Crippen LogP contribution in [0.1, 0.15) is 41.3 Å². The van der Waals surface area contributed by atoms with E-state index in [9.17, 15) is 9.18 Å². The van der Waals surface area contributed by atoms with Crippen molar-refractivity contribution in [2.75, 3.05) is 12.4 Å². The summed E-state index contributed by atoms with van der Waals surface area (Å²) in [5.74, 6) is 0.800. The van der Waals surface area contributed by atoms with Crippen molar-refractivity contribution in [1.82, 2.24) is 0 Å². The Morgan fingerprint density at radius 1 is 1.07 bits per heavy atom. The number of carbonyl (C=O) groups excluding carboxylic acids is 1. The summed E-state index contributed by atoms with van der Waals surface area (Å²) in [7, 11) is 1.57. The molecular formula is C24H23BrFNO3. The van der Waals surface area contributed by atoms with Crippen LogP contribution in [-0.2, 0) is 6.61 Å². The van der Waals surface area contributed by atoms with Gasteiger partial charge >= 0.3 is 0 Å². The SMILES string of the molecule is COc1ccc(C(=O)Nc2ccc(Br)cc2F)cc1COc1ccccc1C(C)C. The number of benzene rings is 3. The Kier molecular flexibility index (Phi) is 7.11. The van der Waals surface area contributed by atoms with Crippen molar-refractivity contribution in [3.8, 4) is 11.5 Å². The van der Waals surface area contributed by atoms with Crippen molar-refractivity contribution in [1.29, 1.82) is 0 Å². The molecule has 0 aliphatic rings. The summed E-state index contributed by atoms with van der Waals surface area (Å²) >= 11 is 3.20. The molecule has 0 aromatic heterocycles. The number of methoxy groups -OCH3 is 1. The number of carbonyl (C=O) groups is 1. The fourth-order valence-corrected chi connectivity index (χ4v) is 3.40. The van der Waals surface area contributed by atoms with E-state index >= 15 is 0 Å². The van der Waals surface area contributed by atoms with Crippen LogP contribution in [-0.4, -0.2) is 13.0 Å². The van der Waals surface area contributed by atoms with Crippen LogP contribution in [0.15, 0.2) is 65.1 Å². The highest BCUT2D eigenvalue weighted by molar-refractivity contribution is 9.10. The van der Waals surface area contributed by atoms with Gasteiger partial charge in [-0.25, -0.2) is 4.39 Å². The molecule has 0 bridgehead atoms. The first kappa shape index (κ1) is 21.8. The van der Waals surface area contributed by atoms with Crippen LogP contribution in [0.4, 0.5) is 10.1 Å². The topological polar surface area (TPSA) is 47.6 Å². The van der Waals surface area contributed by atoms with Crippen molar-refractivity contribution >= 4 is 27.5 Å². The minimum absolute atomic E-state index is 0.114. The molecule has 0 heterocycles. The lowest BCUT2D eigenvalue weighted by Crippen LogP contribution is -2.14. The van der Waals surface area contributed by atoms with Gasteiger partial charge in [-0.05, 0) is 53.9 Å². The number of hydrogen-bond donors (Lipinski definition) is 1. The molecule has 0 spiro atoms. The first-order valence-electron chi connectivity index (χ1n) is 9.54. The zero-order valence-electron chi connectivity index (χ0n) is 17.0. The molecule has 0 unspecified atom stereocenters. The fourth-order valence-electron chi connectivity index (χ4n) is 3.06. The van der Waals surface area contributed by atoms with Gasteiger partial charge in [-0.15, -0.1) is 0 Å². The number of rotatable bonds is 7. The van der Waals surface area contributed by atoms with E-state index in [0.29, 0.717) is 21.7 Å². The van der Waals surface area contributed by atoms with Crippen LogP contribution >= 0.6 is 15.9 Å². The second-order valence-electron chi connectivity index (χ2n) is 7.09. The van der Waals surface area contributed by atoms with Crippen molar-refractivity contribution in [2.24, 2.45) is 0 Å². The Hall–Kier alpha value is -2.86. The average Bonchev–Trinajstić information content (AvgIpc) is 2.74. The van der Waals surface area contributed by atoms with Gasteiger partial charge in [-0.1, -0.05) is 48.0 Å². The Morgan fingerprint density at radius 2 is 1.83 bits per heavy atom. The van der Waals surface area contributed by atoms with Gasteiger partial charge in [0.25, 0.3) is 5.91 Å². The predicted molar refractivity (Wildman–Crippen MR) is 120 cm³/mol. The lowest BCUT2D eigenvalue weighted by molar-refractivity contribution is 0.102. The summed E-state index contributed by atoms with van der Waals surface area (Å²) in [6.45, 7) is 4.45. The monoisotopic (exact) mass is 471 g/mol. The largest absolute Gasteiger partial charge is 0.496 e. The zero-order valence-corrected chi connectivity index (χ0v) is 18.6. The minimum Gasteiger partial charge on any atom is -0.496 e. The molecule has 1 amide bonds. The highest BCUT2D eigenvalue weighted by Gasteiger charge is 2.14. The van der Waals surface area contributed by atoms with Crippen LogP contribution in [0.2, 0.25) is 0 Å². The lowest BCUT2D eigenvalue weighted by Gasteiger charge is -2.16. The van der Waals surface area contributed by atoms with E-state index in [1.807, 2.05) is 24.3 Å². The molecule has 156 valence electrons. The highest BCUT2D eigenvalue weighted by atomic mass is 79.9. The summed E-state index contributed by atoms with van der Waals surface area (Å²) in [4.78, 5) is 12.6. The third-order valence-electron chi connectivity index (χ3n) is 4.65. The zero-order chi connectivity index (χ0) is 21.7. The van der Waals surface area contributed by atoms with E-state index in [1.54, 1.807) is 31.4 Å². The molecule has 30 heavy (non-hydrogen) atoms. The number of amides is 1. The summed E-state index contributed by atoms with van der Waals surface area (Å²) in [6.07, 6.45) is 0. The first-order chi connectivity index (χ1) is 14.4. The molecule has 1 N–H and O–H groups in total. The molecule has 3 aromatic rings. The number of ether oxygens (including phenoxy) is 2. The standard InChI is InChI=1S/C24H23BrFNO3/c1-15(2)19-6-4-5-7-23(19)30-14-17-12-16(8-11-22(17)29-3)24(28)27-21-10-9-18(25)13-20(21)26/h4-13,15H,14H2,1-3H3,(H,27,28). The van der Waals surface area contributed by atoms with Crippen molar-refractivity contribution in [3.05, 3.63) is 87.6 Å². The van der Waals surface area contributed by atoms with E-state index in [4.69, 9.17) is 9.47 Å². The predicted octanol–water partition coefficient (Wildman–Crippen LogP) is 6.55. The van der Waals surface area contributed by atoms with E-state index in [2.05, 4.69) is 35.1 Å². The molecule has 0 saturated heterocycles. The van der Waals surface area contributed by atoms with Gasteiger partial charge < -0.3 is 14.8 Å². The van der Waals surface area contributed by atoms with Crippen molar-refractivity contribution in [3.63, 3.8) is 0 Å². The second kappa shape index (κ2) is 9.76. The van der Waals surface area contributed by atoms with Gasteiger partial charge in [-0.2, -0.15) is 0 Å². The number of anilines is 1. The molecule has 0 saturated carbocycles. The molecule has 4 nitrogen and oxygen atoms in total. The average molecular weight is 472 g/mol. The quantitative estimate of drug-likeness (QED) is 0.424. The Morgan fingerprint density at radius 3 is 2.53 bits per heavy atom. The maximum atomic E-state index is 14.1. The molecule has 6 heteroatoms. The van der Waals surface area contributed by atoms with E-state index in [0.717, 1.165) is 16.9 Å². The number of hydrogen-bond acceptors (Lipinski definition) is 3. The third kappa shape index (κ3) is 5.19.